The second kappa shape index (κ2) is 17.9. The van der Waals surface area contributed by atoms with E-state index in [1.807, 2.05) is 27.7 Å². The van der Waals surface area contributed by atoms with Crippen LogP contribution in [0.2, 0.25) is 5.15 Å². The Morgan fingerprint density at radius 1 is 1.07 bits per heavy atom. The van der Waals surface area contributed by atoms with E-state index in [1.165, 1.54) is 12.1 Å². The van der Waals surface area contributed by atoms with Crippen molar-refractivity contribution in [3.05, 3.63) is 87.6 Å². The van der Waals surface area contributed by atoms with Crippen molar-refractivity contribution in [2.24, 2.45) is 17.8 Å². The number of hydrogen-bond donors (Lipinski definition) is 5. The average molecular weight is 817 g/mol. The van der Waals surface area contributed by atoms with Crippen LogP contribution in [0.15, 0.2) is 60.1 Å². The van der Waals surface area contributed by atoms with Gasteiger partial charge in [-0.25, -0.2) is 9.37 Å². The summed E-state index contributed by atoms with van der Waals surface area (Å²) in [6, 6.07) is 5.56. The minimum Gasteiger partial charge on any atom is -0.374 e. The van der Waals surface area contributed by atoms with E-state index in [1.54, 1.807) is 37.4 Å². The highest BCUT2D eigenvalue weighted by Crippen LogP contribution is 2.40. The lowest BCUT2D eigenvalue weighted by atomic mass is 9.78. The van der Waals surface area contributed by atoms with Crippen molar-refractivity contribution in [2.45, 2.75) is 110 Å². The van der Waals surface area contributed by atoms with Crippen LogP contribution in [0.4, 0.5) is 17.6 Å². The molecule has 0 radical (unpaired) electrons. The van der Waals surface area contributed by atoms with Gasteiger partial charge in [-0.05, 0) is 71.9 Å². The summed E-state index contributed by atoms with van der Waals surface area (Å²) in [5.74, 6) is -2.96. The van der Waals surface area contributed by atoms with Crippen molar-refractivity contribution in [2.75, 3.05) is 0 Å². The van der Waals surface area contributed by atoms with E-state index in [4.69, 9.17) is 23.8 Å². The number of nitrogens with one attached hydrogen (secondary N) is 5. The van der Waals surface area contributed by atoms with E-state index in [2.05, 4.69) is 31.2 Å². The van der Waals surface area contributed by atoms with Gasteiger partial charge in [0.2, 0.25) is 17.7 Å². The van der Waals surface area contributed by atoms with Crippen LogP contribution in [-0.4, -0.2) is 50.3 Å². The summed E-state index contributed by atoms with van der Waals surface area (Å²) in [5.41, 5.74) is -0.406. The van der Waals surface area contributed by atoms with Gasteiger partial charge in [0.1, 0.15) is 22.6 Å². The van der Waals surface area contributed by atoms with Crippen LogP contribution in [0.25, 0.3) is 10.9 Å². The first-order valence-electron chi connectivity index (χ1n) is 19.0. The molecule has 0 bridgehead atoms. The quantitative estimate of drug-likeness (QED) is 0.0639. The Balaban J connectivity index is 1.49. The SMILES string of the molecule is CCC(C)[C@H](NC(=O)CC1=C(F)C=CCC1C)C(=O)N[C@]1(C(=O)N[C@H](C(=S)NCc2ccc(Cl)nc2)C(C)CC)CCc2[nH]c3c(C(F)(F)F)cccc3c2C1. The number of aromatic nitrogens is 2. The zero-order valence-corrected chi connectivity index (χ0v) is 33.7. The van der Waals surface area contributed by atoms with E-state index < -0.39 is 58.8 Å². The van der Waals surface area contributed by atoms with Gasteiger partial charge in [-0.2, -0.15) is 13.2 Å². The highest BCUT2D eigenvalue weighted by molar-refractivity contribution is 7.80. The Morgan fingerprint density at radius 3 is 2.43 bits per heavy atom. The number of benzene rings is 1. The summed E-state index contributed by atoms with van der Waals surface area (Å²) in [7, 11) is 0. The number of halogens is 5. The summed E-state index contributed by atoms with van der Waals surface area (Å²) in [6.45, 7) is 9.67. The first kappa shape index (κ1) is 42.8. The number of hydrogen-bond acceptors (Lipinski definition) is 5. The first-order chi connectivity index (χ1) is 26.5. The second-order valence-electron chi connectivity index (χ2n) is 15.1. The van der Waals surface area contributed by atoms with Gasteiger partial charge in [0.05, 0.1) is 28.5 Å². The van der Waals surface area contributed by atoms with E-state index in [-0.39, 0.29) is 43.0 Å². The summed E-state index contributed by atoms with van der Waals surface area (Å²) in [6.07, 6.45) is 1.55. The number of H-pyrrole nitrogens is 1. The van der Waals surface area contributed by atoms with E-state index >= 15 is 0 Å². The lowest BCUT2D eigenvalue weighted by molar-refractivity contribution is -0.137. The minimum absolute atomic E-state index is 0.0404. The van der Waals surface area contributed by atoms with Crippen molar-refractivity contribution < 1.29 is 31.9 Å². The largest absolute Gasteiger partial charge is 0.418 e. The molecule has 2 aliphatic carbocycles. The molecule has 9 nitrogen and oxygen atoms in total. The highest BCUT2D eigenvalue weighted by atomic mass is 35.5. The Hall–Kier alpha value is -4.30. The molecule has 0 aliphatic heterocycles. The van der Waals surface area contributed by atoms with Gasteiger partial charge in [-0.15, -0.1) is 0 Å². The Morgan fingerprint density at radius 2 is 1.79 bits per heavy atom. The molecule has 2 heterocycles. The molecule has 2 aromatic heterocycles. The summed E-state index contributed by atoms with van der Waals surface area (Å²) >= 11 is 11.8. The molecule has 3 amide bonds. The third-order valence-corrected chi connectivity index (χ3v) is 11.9. The van der Waals surface area contributed by atoms with Gasteiger partial charge in [0, 0.05) is 30.2 Å². The molecule has 0 saturated carbocycles. The number of para-hydroxylation sites is 1. The van der Waals surface area contributed by atoms with Crippen LogP contribution in [-0.2, 0) is 39.9 Å². The number of nitrogens with zero attached hydrogens (tertiary/aromatic N) is 1. The Labute approximate surface area is 334 Å². The third-order valence-electron chi connectivity index (χ3n) is 11.3. The number of amides is 3. The lowest BCUT2D eigenvalue weighted by Gasteiger charge is -2.40. The number of allylic oxidation sites excluding steroid dienone is 3. The van der Waals surface area contributed by atoms with Crippen LogP contribution in [0.1, 0.15) is 89.1 Å². The van der Waals surface area contributed by atoms with Crippen LogP contribution in [0, 0.1) is 17.8 Å². The van der Waals surface area contributed by atoms with Crippen molar-refractivity contribution in [1.29, 1.82) is 0 Å². The fourth-order valence-corrected chi connectivity index (χ4v) is 7.86. The zero-order valence-electron chi connectivity index (χ0n) is 32.1. The molecule has 0 fully saturated rings. The van der Waals surface area contributed by atoms with Crippen molar-refractivity contribution in [3.8, 4) is 0 Å². The van der Waals surface area contributed by atoms with Crippen LogP contribution >= 0.6 is 23.8 Å². The number of alkyl halides is 3. The molecular formula is C41H49ClF4N6O3S. The Bertz CT molecular complexity index is 2020. The summed E-state index contributed by atoms with van der Waals surface area (Å²) in [4.78, 5) is 50.1. The number of rotatable bonds is 14. The fourth-order valence-electron chi connectivity index (χ4n) is 7.39. The molecular weight excluding hydrogens is 768 g/mol. The number of carbonyl (C=O) groups excluding carboxylic acids is 3. The predicted molar refractivity (Wildman–Crippen MR) is 213 cm³/mol. The minimum atomic E-state index is -4.63. The lowest BCUT2D eigenvalue weighted by Crippen LogP contribution is -2.67. The molecule has 5 N–H and O–H groups in total. The van der Waals surface area contributed by atoms with Crippen molar-refractivity contribution in [1.82, 2.24) is 31.2 Å². The molecule has 2 aliphatic rings. The topological polar surface area (TPSA) is 128 Å². The molecule has 15 heteroatoms. The fraction of sp³-hybridized carbons (Fsp3) is 0.488. The van der Waals surface area contributed by atoms with E-state index in [9.17, 15) is 31.9 Å². The van der Waals surface area contributed by atoms with Gasteiger partial charge < -0.3 is 26.3 Å². The number of aryl methyl sites for hydroxylation is 1. The number of pyridine rings is 1. The molecule has 6 atom stereocenters. The maximum atomic E-state index is 14.8. The third kappa shape index (κ3) is 9.62. The second-order valence-corrected chi connectivity index (χ2v) is 15.9. The maximum absolute atomic E-state index is 14.8. The molecule has 3 aromatic rings. The summed E-state index contributed by atoms with van der Waals surface area (Å²) in [5, 5.41) is 12.7. The van der Waals surface area contributed by atoms with Crippen molar-refractivity contribution >= 4 is 57.4 Å². The predicted octanol–water partition coefficient (Wildman–Crippen LogP) is 7.97. The summed E-state index contributed by atoms with van der Waals surface area (Å²) < 4.78 is 57.1. The normalized spacial score (nSPS) is 20.4. The van der Waals surface area contributed by atoms with E-state index in [0.717, 1.165) is 11.6 Å². The van der Waals surface area contributed by atoms with Crippen molar-refractivity contribution in [3.63, 3.8) is 0 Å². The number of carbonyl (C=O) groups is 3. The monoisotopic (exact) mass is 816 g/mol. The standard InChI is InChI=1S/C41H49ClF4N6O3S/c1-6-22(3)34(50-33(53)18-27-24(5)10-8-13-30(27)43)37(54)52-40(17-16-31-28(19-40)26-11-9-12-29(36(26)49-31)41(44,45)46)39(55)51-35(23(4)7-2)38(56)48-21-25-14-15-32(42)47-20-25/h8-9,11-15,20,22-24,34-35,49H,6-7,10,16-19,21H2,1-5H3,(H,48,56)(H,50,53)(H,51,55)(H,52,54)/t22?,23?,24?,34-,35-,40+/m0/s1. The maximum Gasteiger partial charge on any atom is 0.418 e. The van der Waals surface area contributed by atoms with Crippen LogP contribution in [0.5, 0.6) is 0 Å². The molecule has 56 heavy (non-hydrogen) atoms. The molecule has 0 spiro atoms. The molecule has 3 unspecified atom stereocenters. The average Bonchev–Trinajstić information content (AvgIpc) is 3.53. The van der Waals surface area contributed by atoms with E-state index in [0.29, 0.717) is 58.2 Å². The number of thiocarbonyl (C=S) groups is 1. The number of aromatic amines is 1. The molecule has 0 saturated heterocycles. The Kier molecular flexibility index (Phi) is 13.7. The van der Waals surface area contributed by atoms with Crippen LogP contribution in [0.3, 0.4) is 0 Å². The van der Waals surface area contributed by atoms with Gasteiger partial charge in [-0.3, -0.25) is 14.4 Å². The smallest absolute Gasteiger partial charge is 0.374 e. The van der Waals surface area contributed by atoms with Gasteiger partial charge >= 0.3 is 6.18 Å². The highest BCUT2D eigenvalue weighted by Gasteiger charge is 2.47. The number of fused-ring (bicyclic) bond motifs is 3. The first-order valence-corrected chi connectivity index (χ1v) is 19.8. The molecule has 1 aromatic carbocycles. The molecule has 302 valence electrons. The van der Waals surface area contributed by atoms with Gasteiger partial charge in [0.25, 0.3) is 0 Å². The molecule has 5 rings (SSSR count). The van der Waals surface area contributed by atoms with Crippen LogP contribution < -0.4 is 21.3 Å². The zero-order chi connectivity index (χ0) is 40.9. The van der Waals surface area contributed by atoms with Gasteiger partial charge in [0.15, 0.2) is 0 Å². The van der Waals surface area contributed by atoms with Gasteiger partial charge in [-0.1, -0.05) is 95.6 Å².